The van der Waals surface area contributed by atoms with Crippen LogP contribution in [-0.4, -0.2) is 132 Å². The van der Waals surface area contributed by atoms with Crippen molar-refractivity contribution >= 4 is 0 Å². The third kappa shape index (κ3) is 14.1. The lowest BCUT2D eigenvalue weighted by atomic mass is 9.85. The van der Waals surface area contributed by atoms with E-state index in [2.05, 4.69) is 95.9 Å². The second-order valence-corrected chi connectivity index (χ2v) is 19.5. The molecule has 5 aliphatic rings. The Labute approximate surface area is 312 Å². The van der Waals surface area contributed by atoms with Crippen LogP contribution < -0.4 is 0 Å². The van der Waals surface area contributed by atoms with E-state index in [9.17, 15) is 0 Å². The van der Waals surface area contributed by atoms with E-state index in [1.54, 1.807) is 0 Å². The highest BCUT2D eigenvalue weighted by atomic mass is 16.7. The van der Waals surface area contributed by atoms with Crippen LogP contribution in [0.1, 0.15) is 140 Å². The van der Waals surface area contributed by atoms with Gasteiger partial charge in [0.05, 0.1) is 53.4 Å². The summed E-state index contributed by atoms with van der Waals surface area (Å²) in [6, 6.07) is 0. The number of ether oxygens (including phenoxy) is 5. The summed E-state index contributed by atoms with van der Waals surface area (Å²) < 4.78 is 31.2. The second kappa shape index (κ2) is 17.8. The normalized spacial score (nSPS) is 28.5. The standard InChI is InChI=1S/C42H75N3O6/c1-39(2,3)49-36-25-34(26-36)47-32-15-20-43(21-16-32)19-13-11-12-14-24-46-42(9,10)31-41(7,8)44-29-38(30-44)51-45-22-17-33(18-23-45)48-35-27-37(28-35)50-40(4,5)6/h32-38H,11,13,15-31H2,1-10H3. The highest BCUT2D eigenvalue weighted by Gasteiger charge is 2.43. The summed E-state index contributed by atoms with van der Waals surface area (Å²) in [4.78, 5) is 11.5. The average Bonchev–Trinajstić information content (AvgIpc) is 2.95. The predicted molar refractivity (Wildman–Crippen MR) is 204 cm³/mol. The van der Waals surface area contributed by atoms with E-state index in [1.165, 1.54) is 0 Å². The Morgan fingerprint density at radius 3 is 1.61 bits per heavy atom. The topological polar surface area (TPSA) is 65.1 Å². The van der Waals surface area contributed by atoms with Crippen LogP contribution in [0.25, 0.3) is 0 Å². The molecule has 0 spiro atoms. The smallest absolute Gasteiger partial charge is 0.108 e. The molecule has 3 heterocycles. The van der Waals surface area contributed by atoms with Gasteiger partial charge in [-0.25, -0.2) is 0 Å². The molecule has 0 atom stereocenters. The molecule has 0 aromatic heterocycles. The van der Waals surface area contributed by atoms with Crippen LogP contribution in [0.4, 0.5) is 0 Å². The average molecular weight is 718 g/mol. The predicted octanol–water partition coefficient (Wildman–Crippen LogP) is 7.00. The molecule has 51 heavy (non-hydrogen) atoms. The number of hydrogen-bond acceptors (Lipinski definition) is 9. The Hall–Kier alpha value is -0.800. The maximum atomic E-state index is 6.39. The first-order valence-electron chi connectivity index (χ1n) is 20.6. The molecule has 3 saturated heterocycles. The number of rotatable bonds is 16. The van der Waals surface area contributed by atoms with Gasteiger partial charge < -0.3 is 28.6 Å². The van der Waals surface area contributed by atoms with Crippen LogP contribution in [0.2, 0.25) is 0 Å². The Kier molecular flexibility index (Phi) is 14.4. The molecule has 3 aliphatic heterocycles. The Balaban J connectivity index is 0.860. The van der Waals surface area contributed by atoms with Crippen molar-refractivity contribution in [1.29, 1.82) is 0 Å². The third-order valence-electron chi connectivity index (χ3n) is 11.1. The summed E-state index contributed by atoms with van der Waals surface area (Å²) in [6.07, 6.45) is 14.1. The maximum Gasteiger partial charge on any atom is 0.108 e. The van der Waals surface area contributed by atoms with Crippen LogP contribution >= 0.6 is 0 Å². The molecule has 2 saturated carbocycles. The van der Waals surface area contributed by atoms with E-state index >= 15 is 0 Å². The van der Waals surface area contributed by atoms with E-state index in [1.807, 2.05) is 0 Å². The van der Waals surface area contributed by atoms with Crippen molar-refractivity contribution in [2.75, 3.05) is 52.4 Å². The number of piperidine rings is 2. The number of hydrogen-bond donors (Lipinski definition) is 0. The van der Waals surface area contributed by atoms with Gasteiger partial charge >= 0.3 is 0 Å². The molecular formula is C42H75N3O6. The van der Waals surface area contributed by atoms with Crippen molar-refractivity contribution in [3.63, 3.8) is 0 Å². The Morgan fingerprint density at radius 1 is 0.588 bits per heavy atom. The highest BCUT2D eigenvalue weighted by Crippen LogP contribution is 2.35. The third-order valence-corrected chi connectivity index (χ3v) is 11.1. The van der Waals surface area contributed by atoms with Gasteiger partial charge in [-0.05, 0) is 140 Å². The molecule has 0 aromatic rings. The second-order valence-electron chi connectivity index (χ2n) is 19.5. The van der Waals surface area contributed by atoms with Crippen molar-refractivity contribution in [2.45, 2.75) is 205 Å². The van der Waals surface area contributed by atoms with Crippen molar-refractivity contribution < 1.29 is 28.5 Å². The minimum absolute atomic E-state index is 0.0361. The van der Waals surface area contributed by atoms with E-state index in [0.29, 0.717) is 43.2 Å². The Morgan fingerprint density at radius 2 is 1.10 bits per heavy atom. The minimum atomic E-state index is -0.238. The summed E-state index contributed by atoms with van der Waals surface area (Å²) in [5.41, 5.74) is -0.325. The monoisotopic (exact) mass is 718 g/mol. The molecule has 0 unspecified atom stereocenters. The fourth-order valence-electron chi connectivity index (χ4n) is 8.51. The first-order chi connectivity index (χ1) is 23.9. The molecule has 0 aromatic carbocycles. The van der Waals surface area contributed by atoms with Gasteiger partial charge in [0.15, 0.2) is 0 Å². The van der Waals surface area contributed by atoms with Crippen LogP contribution in [0.15, 0.2) is 0 Å². The van der Waals surface area contributed by atoms with Gasteiger partial charge in [0, 0.05) is 51.2 Å². The molecule has 2 aliphatic carbocycles. The number of nitrogens with zero attached hydrogens (tertiary/aromatic N) is 3. The van der Waals surface area contributed by atoms with Crippen LogP contribution in [0, 0.1) is 11.8 Å². The van der Waals surface area contributed by atoms with Gasteiger partial charge in [-0.2, -0.15) is 5.06 Å². The van der Waals surface area contributed by atoms with Gasteiger partial charge in [0.25, 0.3) is 0 Å². The fourth-order valence-corrected chi connectivity index (χ4v) is 8.51. The van der Waals surface area contributed by atoms with Crippen LogP contribution in [0.3, 0.4) is 0 Å². The van der Waals surface area contributed by atoms with Gasteiger partial charge in [-0.3, -0.25) is 9.74 Å². The molecule has 9 nitrogen and oxygen atoms in total. The van der Waals surface area contributed by atoms with Gasteiger partial charge in [-0.1, -0.05) is 5.92 Å². The lowest BCUT2D eigenvalue weighted by Crippen LogP contribution is -2.63. The highest BCUT2D eigenvalue weighted by molar-refractivity contribution is 5.01. The largest absolute Gasteiger partial charge is 0.375 e. The summed E-state index contributed by atoms with van der Waals surface area (Å²) in [5, 5.41) is 2.18. The van der Waals surface area contributed by atoms with Crippen LogP contribution in [-0.2, 0) is 28.5 Å². The molecule has 9 heteroatoms. The molecule has 0 amide bonds. The zero-order chi connectivity index (χ0) is 36.9. The molecular weight excluding hydrogens is 642 g/mol. The van der Waals surface area contributed by atoms with E-state index < -0.39 is 0 Å². The van der Waals surface area contributed by atoms with Crippen LogP contribution in [0.5, 0.6) is 0 Å². The number of hydroxylamine groups is 2. The molecule has 0 N–H and O–H groups in total. The molecule has 0 radical (unpaired) electrons. The van der Waals surface area contributed by atoms with Gasteiger partial charge in [0.2, 0.25) is 0 Å². The van der Waals surface area contributed by atoms with Crippen molar-refractivity contribution in [3.05, 3.63) is 0 Å². The molecule has 294 valence electrons. The fraction of sp³-hybridized carbons (Fsp3) is 0.952. The molecule has 5 fully saturated rings. The van der Waals surface area contributed by atoms with Crippen molar-refractivity contribution in [1.82, 2.24) is 14.9 Å². The first kappa shape index (κ1) is 41.4. The summed E-state index contributed by atoms with van der Waals surface area (Å²) in [5.74, 6) is 6.65. The number of likely N-dealkylation sites (tertiary alicyclic amines) is 2. The van der Waals surface area contributed by atoms with Gasteiger partial charge in [0.1, 0.15) is 12.7 Å². The quantitative estimate of drug-likeness (QED) is 0.124. The van der Waals surface area contributed by atoms with E-state index in [-0.39, 0.29) is 28.4 Å². The molecule has 0 bridgehead atoms. The lowest BCUT2D eigenvalue weighted by Gasteiger charge is -2.51. The number of unbranched alkanes of at least 4 members (excludes halogenated alkanes) is 1. The summed E-state index contributed by atoms with van der Waals surface area (Å²) >= 11 is 0. The summed E-state index contributed by atoms with van der Waals surface area (Å²) in [6.45, 7) is 29.6. The first-order valence-corrected chi connectivity index (χ1v) is 20.6. The SMILES string of the molecule is CC(C)(C)OC1CC(OC2CCN(CCCC#CCOC(C)(C)CC(C)(C)N3CC(ON4CCC(OC5CC(OC(C)(C)C)C5)CC4)C3)CC2)C1. The van der Waals surface area contributed by atoms with Crippen molar-refractivity contribution in [2.24, 2.45) is 0 Å². The van der Waals surface area contributed by atoms with Crippen molar-refractivity contribution in [3.8, 4) is 11.8 Å². The van der Waals surface area contributed by atoms with E-state index in [0.717, 1.165) is 116 Å². The van der Waals surface area contributed by atoms with E-state index in [4.69, 9.17) is 28.5 Å². The lowest BCUT2D eigenvalue weighted by molar-refractivity contribution is -0.258. The van der Waals surface area contributed by atoms with Gasteiger partial charge in [-0.15, -0.1) is 5.92 Å². The maximum absolute atomic E-state index is 6.39. The zero-order valence-electron chi connectivity index (χ0n) is 34.3. The Bertz CT molecular complexity index is 1100. The molecule has 5 rings (SSSR count). The summed E-state index contributed by atoms with van der Waals surface area (Å²) in [7, 11) is 0. The minimum Gasteiger partial charge on any atom is -0.375 e. The zero-order valence-corrected chi connectivity index (χ0v) is 34.3.